The van der Waals surface area contributed by atoms with Crippen LogP contribution in [-0.2, 0) is 11.2 Å². The molecule has 0 saturated carbocycles. The van der Waals surface area contributed by atoms with Gasteiger partial charge in [-0.05, 0) is 50.3 Å². The molecule has 3 rings (SSSR count). The first-order chi connectivity index (χ1) is 11.9. The quantitative estimate of drug-likeness (QED) is 0.888. The number of carbonyl (C=O) groups excluding carboxylic acids is 1. The number of aryl methyl sites for hydroxylation is 3. The fourth-order valence-electron chi connectivity index (χ4n) is 3.72. The molecule has 25 heavy (non-hydrogen) atoms. The highest BCUT2D eigenvalue weighted by Gasteiger charge is 2.35. The highest BCUT2D eigenvalue weighted by atomic mass is 16.4. The monoisotopic (exact) mass is 342 g/mol. The van der Waals surface area contributed by atoms with Gasteiger partial charge in [-0.1, -0.05) is 17.7 Å². The maximum absolute atomic E-state index is 12.9. The number of aromatic carboxylic acids is 1. The van der Waals surface area contributed by atoms with Crippen LogP contribution in [-0.4, -0.2) is 43.8 Å². The third-order valence-electron chi connectivity index (χ3n) is 4.83. The molecule has 1 aliphatic heterocycles. The molecule has 1 atom stereocenters. The van der Waals surface area contributed by atoms with E-state index in [4.69, 9.17) is 0 Å². The molecule has 1 aromatic heterocycles. The summed E-state index contributed by atoms with van der Waals surface area (Å²) in [5.41, 5.74) is 4.67. The van der Waals surface area contributed by atoms with Crippen molar-refractivity contribution in [1.29, 1.82) is 0 Å². The van der Waals surface area contributed by atoms with Gasteiger partial charge in [0.05, 0.1) is 12.5 Å². The zero-order valence-electron chi connectivity index (χ0n) is 14.7. The van der Waals surface area contributed by atoms with Gasteiger partial charge in [-0.2, -0.15) is 10.3 Å². The van der Waals surface area contributed by atoms with Crippen LogP contribution in [0.3, 0.4) is 0 Å². The predicted molar refractivity (Wildman–Crippen MR) is 91.4 cm³/mol. The van der Waals surface area contributed by atoms with Crippen molar-refractivity contribution in [3.63, 3.8) is 0 Å². The Labute approximate surface area is 146 Å². The molecule has 7 nitrogen and oxygen atoms in total. The van der Waals surface area contributed by atoms with E-state index in [1.807, 2.05) is 20.8 Å². The second-order valence-corrected chi connectivity index (χ2v) is 6.66. The molecule has 1 unspecified atom stereocenters. The molecule has 1 aliphatic rings. The van der Waals surface area contributed by atoms with Gasteiger partial charge in [-0.3, -0.25) is 4.79 Å². The van der Waals surface area contributed by atoms with Gasteiger partial charge in [-0.25, -0.2) is 4.79 Å². The number of nitrogens with one attached hydrogen (secondary N) is 1. The van der Waals surface area contributed by atoms with Gasteiger partial charge in [0, 0.05) is 6.54 Å². The Bertz CT molecular complexity index is 804. The number of carboxylic acids is 1. The molecule has 1 fully saturated rings. The Hall–Kier alpha value is -2.70. The first-order valence-corrected chi connectivity index (χ1v) is 8.38. The minimum absolute atomic E-state index is 0.00288. The largest absolute Gasteiger partial charge is 0.476 e. The Balaban J connectivity index is 1.84. The molecule has 7 heteroatoms. The third kappa shape index (κ3) is 3.26. The minimum Gasteiger partial charge on any atom is -0.476 e. The lowest BCUT2D eigenvalue weighted by atomic mass is 9.96. The van der Waals surface area contributed by atoms with Crippen molar-refractivity contribution in [3.05, 3.63) is 45.8 Å². The predicted octanol–water partition coefficient (Wildman–Crippen LogP) is 2.33. The summed E-state index contributed by atoms with van der Waals surface area (Å²) < 4.78 is 0. The molecule has 132 valence electrons. The first kappa shape index (κ1) is 17.1. The number of rotatable bonds is 4. The summed E-state index contributed by atoms with van der Waals surface area (Å²) in [6, 6.07) is 3.83. The topological polar surface area (TPSA) is 99.2 Å². The fraction of sp³-hybridized carbons (Fsp3) is 0.444. The number of benzene rings is 1. The summed E-state index contributed by atoms with van der Waals surface area (Å²) in [5.74, 6) is -1.13. The van der Waals surface area contributed by atoms with Crippen LogP contribution in [0.25, 0.3) is 0 Å². The van der Waals surface area contributed by atoms with Crippen molar-refractivity contribution in [2.24, 2.45) is 0 Å². The summed E-state index contributed by atoms with van der Waals surface area (Å²) >= 11 is 0. The third-order valence-corrected chi connectivity index (χ3v) is 4.83. The number of nitrogens with zero attached hydrogens (tertiary/aromatic N) is 3. The number of carbonyl (C=O) groups is 2. The van der Waals surface area contributed by atoms with Gasteiger partial charge >= 0.3 is 5.97 Å². The van der Waals surface area contributed by atoms with Gasteiger partial charge in [0.15, 0.2) is 5.69 Å². The number of hydrogen-bond donors (Lipinski definition) is 2. The van der Waals surface area contributed by atoms with Crippen LogP contribution in [0.5, 0.6) is 0 Å². The zero-order valence-corrected chi connectivity index (χ0v) is 14.7. The van der Waals surface area contributed by atoms with Crippen LogP contribution in [0.2, 0.25) is 0 Å². The number of H-pyrrole nitrogens is 1. The minimum atomic E-state index is -1.13. The van der Waals surface area contributed by atoms with Gasteiger partial charge in [0.25, 0.3) is 0 Å². The maximum atomic E-state index is 12.9. The Morgan fingerprint density at radius 3 is 2.56 bits per heavy atom. The highest BCUT2D eigenvalue weighted by Crippen LogP contribution is 2.33. The fourth-order valence-corrected chi connectivity index (χ4v) is 3.72. The summed E-state index contributed by atoms with van der Waals surface area (Å²) in [6.07, 6.45) is 1.84. The molecule has 0 radical (unpaired) electrons. The Morgan fingerprint density at radius 1 is 1.24 bits per heavy atom. The molecule has 1 aromatic carbocycles. The molecular weight excluding hydrogens is 320 g/mol. The van der Waals surface area contributed by atoms with E-state index >= 15 is 0 Å². The normalized spacial score (nSPS) is 17.1. The number of aromatic amines is 1. The van der Waals surface area contributed by atoms with Crippen LogP contribution < -0.4 is 0 Å². The number of hydrogen-bond acceptors (Lipinski definition) is 4. The number of likely N-dealkylation sites (tertiary alicyclic amines) is 1. The van der Waals surface area contributed by atoms with Crippen LogP contribution in [0.1, 0.15) is 57.3 Å². The van der Waals surface area contributed by atoms with Gasteiger partial charge < -0.3 is 10.0 Å². The lowest BCUT2D eigenvalue weighted by molar-refractivity contribution is -0.131. The lowest BCUT2D eigenvalue weighted by Crippen LogP contribution is -2.33. The molecule has 0 aliphatic carbocycles. The van der Waals surface area contributed by atoms with Crippen LogP contribution in [0.15, 0.2) is 12.1 Å². The van der Waals surface area contributed by atoms with Crippen molar-refractivity contribution >= 4 is 11.9 Å². The number of amides is 1. The molecule has 2 aromatic rings. The molecule has 0 spiro atoms. The van der Waals surface area contributed by atoms with Gasteiger partial charge in [0.1, 0.15) is 5.69 Å². The zero-order chi connectivity index (χ0) is 18.1. The average Bonchev–Trinajstić information content (AvgIpc) is 3.18. The van der Waals surface area contributed by atoms with E-state index in [1.165, 1.54) is 5.56 Å². The second-order valence-electron chi connectivity index (χ2n) is 6.66. The average molecular weight is 342 g/mol. The molecule has 2 N–H and O–H groups in total. The first-order valence-electron chi connectivity index (χ1n) is 8.38. The van der Waals surface area contributed by atoms with Crippen molar-refractivity contribution in [2.75, 3.05) is 6.54 Å². The van der Waals surface area contributed by atoms with E-state index in [2.05, 4.69) is 27.5 Å². The SMILES string of the molecule is Cc1cc(C)c(CC(=O)N2CCCC2c2n[nH]nc2C(=O)O)c(C)c1. The second kappa shape index (κ2) is 6.66. The maximum Gasteiger partial charge on any atom is 0.358 e. The number of carboxylic acid groups (broad SMARTS) is 1. The van der Waals surface area contributed by atoms with Crippen molar-refractivity contribution in [1.82, 2.24) is 20.3 Å². The molecule has 2 heterocycles. The lowest BCUT2D eigenvalue weighted by Gasteiger charge is -2.24. The van der Waals surface area contributed by atoms with E-state index in [0.717, 1.165) is 23.1 Å². The Morgan fingerprint density at radius 2 is 1.92 bits per heavy atom. The number of aromatic nitrogens is 3. The summed E-state index contributed by atoms with van der Waals surface area (Å²) in [7, 11) is 0. The summed E-state index contributed by atoms with van der Waals surface area (Å²) in [6.45, 7) is 6.69. The summed E-state index contributed by atoms with van der Waals surface area (Å²) in [5, 5.41) is 19.3. The van der Waals surface area contributed by atoms with E-state index in [9.17, 15) is 14.7 Å². The van der Waals surface area contributed by atoms with E-state index < -0.39 is 5.97 Å². The van der Waals surface area contributed by atoms with Crippen LogP contribution in [0, 0.1) is 20.8 Å². The molecule has 1 saturated heterocycles. The van der Waals surface area contributed by atoms with Crippen molar-refractivity contribution in [3.8, 4) is 0 Å². The van der Waals surface area contributed by atoms with Crippen molar-refractivity contribution < 1.29 is 14.7 Å². The van der Waals surface area contributed by atoms with E-state index in [-0.39, 0.29) is 17.6 Å². The molecule has 0 bridgehead atoms. The Kier molecular flexibility index (Phi) is 4.57. The molecular formula is C18H22N4O3. The van der Waals surface area contributed by atoms with Crippen LogP contribution in [0.4, 0.5) is 0 Å². The highest BCUT2D eigenvalue weighted by molar-refractivity contribution is 5.87. The van der Waals surface area contributed by atoms with Gasteiger partial charge in [0.2, 0.25) is 5.91 Å². The summed E-state index contributed by atoms with van der Waals surface area (Å²) in [4.78, 5) is 26.0. The molecule has 1 amide bonds. The van der Waals surface area contributed by atoms with E-state index in [0.29, 0.717) is 25.1 Å². The standard InChI is InChI=1S/C18H22N4O3/c1-10-7-11(2)13(12(3)8-10)9-15(23)22-6-4-5-14(22)16-17(18(24)25)20-21-19-16/h7-8,14H,4-6,9H2,1-3H3,(H,24,25)(H,19,20,21). The van der Waals surface area contributed by atoms with E-state index in [1.54, 1.807) is 4.90 Å². The van der Waals surface area contributed by atoms with Crippen molar-refractivity contribution in [2.45, 2.75) is 46.1 Å². The smallest absolute Gasteiger partial charge is 0.358 e. The van der Waals surface area contributed by atoms with Crippen LogP contribution >= 0.6 is 0 Å². The van der Waals surface area contributed by atoms with Gasteiger partial charge in [-0.15, -0.1) is 5.10 Å².